The van der Waals surface area contributed by atoms with Crippen LogP contribution in [-0.4, -0.2) is 44.5 Å². The van der Waals surface area contributed by atoms with Crippen molar-refractivity contribution < 1.29 is 22.7 Å². The largest absolute Gasteiger partial charge is 0.497 e. The number of amides is 1. The molecule has 1 heterocycles. The number of aromatic amines is 1. The van der Waals surface area contributed by atoms with Crippen molar-refractivity contribution in [2.75, 3.05) is 19.4 Å². The molecule has 0 radical (unpaired) electrons. The highest BCUT2D eigenvalue weighted by atomic mass is 32.2. The summed E-state index contributed by atoms with van der Waals surface area (Å²) in [5.41, 5.74) is 0.997. The summed E-state index contributed by atoms with van der Waals surface area (Å²) in [7, 11) is -2.09. The van der Waals surface area contributed by atoms with E-state index in [9.17, 15) is 18.0 Å². The molecule has 3 rings (SSSR count). The van der Waals surface area contributed by atoms with Crippen molar-refractivity contribution >= 4 is 32.4 Å². The van der Waals surface area contributed by atoms with E-state index >= 15 is 0 Å². The van der Waals surface area contributed by atoms with Crippen LogP contribution in [0.4, 0.5) is 0 Å². The van der Waals surface area contributed by atoms with Crippen LogP contribution in [0.5, 0.6) is 5.75 Å². The van der Waals surface area contributed by atoms with Crippen LogP contribution in [0.3, 0.4) is 0 Å². The number of ketones is 1. The number of hydrogen-bond donors (Lipinski definition) is 2. The van der Waals surface area contributed by atoms with Gasteiger partial charge in [-0.3, -0.25) is 9.59 Å². The SMILES string of the molecule is COc1ccc(S(=O)(=O)CCNC(=O)C(=O)c2c[nH]c3ccccc23)cc1. The summed E-state index contributed by atoms with van der Waals surface area (Å²) in [5.74, 6) is -1.32. The van der Waals surface area contributed by atoms with E-state index < -0.39 is 21.5 Å². The molecule has 2 N–H and O–H groups in total. The second-order valence-electron chi connectivity index (χ2n) is 5.83. The van der Waals surface area contributed by atoms with Gasteiger partial charge in [0.2, 0.25) is 0 Å². The van der Waals surface area contributed by atoms with Crippen molar-refractivity contribution in [3.8, 4) is 5.75 Å². The topological polar surface area (TPSA) is 105 Å². The zero-order valence-electron chi connectivity index (χ0n) is 14.6. The van der Waals surface area contributed by atoms with Gasteiger partial charge in [-0.25, -0.2) is 8.42 Å². The van der Waals surface area contributed by atoms with Crippen molar-refractivity contribution in [1.82, 2.24) is 10.3 Å². The summed E-state index contributed by atoms with van der Waals surface area (Å²) in [6.45, 7) is -0.165. The molecule has 8 heteroatoms. The Morgan fingerprint density at radius 3 is 2.48 bits per heavy atom. The third-order valence-corrected chi connectivity index (χ3v) is 5.85. The summed E-state index contributed by atoms with van der Waals surface area (Å²) < 4.78 is 29.6. The molecule has 1 amide bonds. The number of fused-ring (bicyclic) bond motifs is 1. The molecule has 0 unspecified atom stereocenters. The Bertz CT molecular complexity index is 1080. The zero-order chi connectivity index (χ0) is 19.4. The first-order chi connectivity index (χ1) is 12.9. The van der Waals surface area contributed by atoms with E-state index in [0.717, 1.165) is 5.52 Å². The lowest BCUT2D eigenvalue weighted by atomic mass is 10.1. The van der Waals surface area contributed by atoms with Crippen LogP contribution >= 0.6 is 0 Å². The second-order valence-corrected chi connectivity index (χ2v) is 7.94. The van der Waals surface area contributed by atoms with Crippen LogP contribution in [0.25, 0.3) is 10.9 Å². The number of hydrogen-bond acceptors (Lipinski definition) is 5. The van der Waals surface area contributed by atoms with Crippen LogP contribution in [0.1, 0.15) is 10.4 Å². The molecule has 3 aromatic rings. The van der Waals surface area contributed by atoms with Crippen molar-refractivity contribution in [1.29, 1.82) is 0 Å². The van der Waals surface area contributed by atoms with E-state index in [0.29, 0.717) is 11.1 Å². The van der Waals surface area contributed by atoms with Gasteiger partial charge in [-0.2, -0.15) is 0 Å². The Morgan fingerprint density at radius 2 is 1.78 bits per heavy atom. The molecule has 0 saturated heterocycles. The van der Waals surface area contributed by atoms with E-state index in [-0.39, 0.29) is 22.8 Å². The van der Waals surface area contributed by atoms with Crippen LogP contribution in [0, 0.1) is 0 Å². The lowest BCUT2D eigenvalue weighted by Gasteiger charge is -2.07. The molecule has 0 aliphatic carbocycles. The van der Waals surface area contributed by atoms with Gasteiger partial charge < -0.3 is 15.0 Å². The molecule has 27 heavy (non-hydrogen) atoms. The van der Waals surface area contributed by atoms with Crippen molar-refractivity contribution in [2.24, 2.45) is 0 Å². The molecular formula is C19H18N2O5S. The minimum atomic E-state index is -3.58. The Kier molecular flexibility index (Phi) is 5.27. The monoisotopic (exact) mass is 386 g/mol. The van der Waals surface area contributed by atoms with E-state index in [1.807, 2.05) is 6.07 Å². The van der Waals surface area contributed by atoms with Crippen LogP contribution in [0.15, 0.2) is 59.6 Å². The van der Waals surface area contributed by atoms with Gasteiger partial charge in [0.1, 0.15) is 5.75 Å². The maximum absolute atomic E-state index is 12.3. The fraction of sp³-hybridized carbons (Fsp3) is 0.158. The summed E-state index contributed by atoms with van der Waals surface area (Å²) in [6, 6.07) is 13.1. The molecule has 140 valence electrons. The highest BCUT2D eigenvalue weighted by Crippen LogP contribution is 2.18. The van der Waals surface area contributed by atoms with E-state index in [1.54, 1.807) is 30.3 Å². The number of ether oxygens (including phenoxy) is 1. The molecule has 0 saturated carbocycles. The average molecular weight is 386 g/mol. The third-order valence-electron chi connectivity index (χ3n) is 4.11. The second kappa shape index (κ2) is 7.63. The lowest BCUT2D eigenvalue weighted by Crippen LogP contribution is -2.34. The number of para-hydroxylation sites is 1. The quantitative estimate of drug-likeness (QED) is 0.477. The molecule has 7 nitrogen and oxygen atoms in total. The van der Waals surface area contributed by atoms with Gasteiger partial charge in [0.05, 0.1) is 23.3 Å². The highest BCUT2D eigenvalue weighted by molar-refractivity contribution is 7.91. The molecule has 0 aliphatic heterocycles. The minimum absolute atomic E-state index is 0.125. The average Bonchev–Trinajstić information content (AvgIpc) is 3.11. The molecular weight excluding hydrogens is 368 g/mol. The number of H-pyrrole nitrogens is 1. The van der Waals surface area contributed by atoms with Gasteiger partial charge in [-0.1, -0.05) is 18.2 Å². The first-order valence-electron chi connectivity index (χ1n) is 8.18. The number of carbonyl (C=O) groups excluding carboxylic acids is 2. The van der Waals surface area contributed by atoms with Gasteiger partial charge in [0, 0.05) is 23.6 Å². The maximum Gasteiger partial charge on any atom is 0.292 e. The Morgan fingerprint density at radius 1 is 1.07 bits per heavy atom. The third kappa shape index (κ3) is 4.01. The zero-order valence-corrected chi connectivity index (χ0v) is 15.4. The molecule has 0 aliphatic rings. The molecule has 0 fully saturated rings. The van der Waals surface area contributed by atoms with Crippen LogP contribution in [-0.2, 0) is 14.6 Å². The van der Waals surface area contributed by atoms with E-state index in [1.165, 1.54) is 25.4 Å². The van der Waals surface area contributed by atoms with Crippen molar-refractivity contribution in [3.63, 3.8) is 0 Å². The number of rotatable bonds is 7. The van der Waals surface area contributed by atoms with Crippen molar-refractivity contribution in [3.05, 3.63) is 60.3 Å². The predicted molar refractivity (Wildman–Crippen MR) is 101 cm³/mol. The summed E-state index contributed by atoms with van der Waals surface area (Å²) >= 11 is 0. The summed E-state index contributed by atoms with van der Waals surface area (Å²) in [5, 5.41) is 3.02. The lowest BCUT2D eigenvalue weighted by molar-refractivity contribution is -0.116. The van der Waals surface area contributed by atoms with Gasteiger partial charge in [-0.05, 0) is 30.3 Å². The van der Waals surface area contributed by atoms with Gasteiger partial charge in [0.25, 0.3) is 11.7 Å². The number of Topliss-reactive ketones (excluding diaryl/α,β-unsaturated/α-hetero) is 1. The van der Waals surface area contributed by atoms with Gasteiger partial charge >= 0.3 is 0 Å². The molecule has 0 spiro atoms. The highest BCUT2D eigenvalue weighted by Gasteiger charge is 2.21. The fourth-order valence-electron chi connectivity index (χ4n) is 2.66. The molecule has 1 aromatic heterocycles. The normalized spacial score (nSPS) is 11.3. The maximum atomic E-state index is 12.3. The molecule has 0 atom stereocenters. The summed E-state index contributed by atoms with van der Waals surface area (Å²) in [6.07, 6.45) is 1.47. The fourth-order valence-corrected chi connectivity index (χ4v) is 3.82. The first kappa shape index (κ1) is 18.7. The number of benzene rings is 2. The number of methoxy groups -OCH3 is 1. The Labute approximate surface area is 156 Å². The van der Waals surface area contributed by atoms with Gasteiger partial charge in [-0.15, -0.1) is 0 Å². The Balaban J connectivity index is 1.62. The van der Waals surface area contributed by atoms with Gasteiger partial charge in [0.15, 0.2) is 9.84 Å². The number of sulfone groups is 1. The minimum Gasteiger partial charge on any atom is -0.497 e. The first-order valence-corrected chi connectivity index (χ1v) is 9.83. The number of carbonyl (C=O) groups is 2. The van der Waals surface area contributed by atoms with Crippen LogP contribution < -0.4 is 10.1 Å². The summed E-state index contributed by atoms with van der Waals surface area (Å²) in [4.78, 5) is 27.5. The Hall–Kier alpha value is -3.13. The van der Waals surface area contributed by atoms with E-state index in [2.05, 4.69) is 10.3 Å². The standard InChI is InChI=1S/C19H18N2O5S/c1-26-13-6-8-14(9-7-13)27(24,25)11-10-20-19(23)18(22)16-12-21-17-5-3-2-4-15(16)17/h2-9,12,21H,10-11H2,1H3,(H,20,23). The van der Waals surface area contributed by atoms with Crippen molar-refractivity contribution in [2.45, 2.75) is 4.90 Å². The molecule has 0 bridgehead atoms. The molecule has 2 aromatic carbocycles. The van der Waals surface area contributed by atoms with E-state index in [4.69, 9.17) is 4.74 Å². The van der Waals surface area contributed by atoms with Crippen LogP contribution in [0.2, 0.25) is 0 Å². The number of aromatic nitrogens is 1. The smallest absolute Gasteiger partial charge is 0.292 e. The number of nitrogens with one attached hydrogen (secondary N) is 2. The predicted octanol–water partition coefficient (Wildman–Crippen LogP) is 1.95.